The van der Waals surface area contributed by atoms with Crippen LogP contribution in [-0.2, 0) is 32.3 Å². The molecule has 2 aromatic rings. The molecule has 0 N–H and O–H groups in total. The topological polar surface area (TPSA) is 0 Å². The maximum absolute atomic E-state index is 3.40. The van der Waals surface area contributed by atoms with Gasteiger partial charge in [0, 0.05) is 25.8 Å². The zero-order chi connectivity index (χ0) is 17.1. The van der Waals surface area contributed by atoms with Crippen molar-refractivity contribution in [3.63, 3.8) is 0 Å². The van der Waals surface area contributed by atoms with Gasteiger partial charge in [-0.1, -0.05) is 85.4 Å². The van der Waals surface area contributed by atoms with Crippen LogP contribution in [-0.4, -0.2) is 0 Å². The molecule has 0 aliphatic heterocycles. The molecule has 1 atom stereocenters. The van der Waals surface area contributed by atoms with Crippen molar-refractivity contribution in [1.82, 2.24) is 0 Å². The molecular weight excluding hydrogens is 455 g/mol. The van der Waals surface area contributed by atoms with E-state index in [1.54, 1.807) is 5.56 Å². The summed E-state index contributed by atoms with van der Waals surface area (Å²) in [7, 11) is 0. The van der Waals surface area contributed by atoms with Crippen LogP contribution in [0.4, 0.5) is 0 Å². The summed E-state index contributed by atoms with van der Waals surface area (Å²) in [4.78, 5) is 0. The smallest absolute Gasteiger partial charge is 0 e. The Kier molecular flexibility index (Phi) is 7.99. The summed E-state index contributed by atoms with van der Waals surface area (Å²) in [6, 6.07) is 8.53. The van der Waals surface area contributed by atoms with E-state index in [-0.39, 0.29) is 25.8 Å². The van der Waals surface area contributed by atoms with E-state index in [0.717, 1.165) is 0 Å². The Morgan fingerprint density at radius 2 is 1.50 bits per heavy atom. The summed E-state index contributed by atoms with van der Waals surface area (Å²) >= 11 is 0. The molecule has 1 unspecified atom stereocenters. The quantitative estimate of drug-likeness (QED) is 0.333. The molecule has 0 nitrogen and oxygen atoms in total. The fourth-order valence-electron chi connectivity index (χ4n) is 3.62. The van der Waals surface area contributed by atoms with Gasteiger partial charge in [0.15, 0.2) is 0 Å². The van der Waals surface area contributed by atoms with Crippen LogP contribution in [0.5, 0.6) is 0 Å². The predicted octanol–water partition coefficient (Wildman–Crippen LogP) is 6.60. The monoisotopic (exact) mass is 486 g/mol. The first-order valence-corrected chi connectivity index (χ1v) is 8.79. The van der Waals surface area contributed by atoms with Crippen molar-refractivity contribution >= 4 is 5.57 Å². The average molecular weight is 485 g/mol. The molecule has 3 rings (SSSR count). The van der Waals surface area contributed by atoms with Crippen LogP contribution in [0, 0.1) is 33.8 Å². The Morgan fingerprint density at radius 3 is 2.00 bits per heavy atom. The van der Waals surface area contributed by atoms with Crippen LogP contribution < -0.4 is 0 Å². The van der Waals surface area contributed by atoms with Gasteiger partial charge in [0.2, 0.25) is 0 Å². The van der Waals surface area contributed by atoms with E-state index in [1.807, 2.05) is 0 Å². The van der Waals surface area contributed by atoms with Crippen molar-refractivity contribution in [2.24, 2.45) is 0 Å². The molecule has 0 heterocycles. The predicted molar refractivity (Wildman–Crippen MR) is 102 cm³/mol. The minimum Gasteiger partial charge on any atom is -0.266 e. The Labute approximate surface area is 167 Å². The molecular formula is C23H30Hf-2. The summed E-state index contributed by atoms with van der Waals surface area (Å²) in [6.45, 7) is 15.5. The van der Waals surface area contributed by atoms with Gasteiger partial charge >= 0.3 is 0 Å². The van der Waals surface area contributed by atoms with Crippen LogP contribution in [0.1, 0.15) is 72.1 Å². The summed E-state index contributed by atoms with van der Waals surface area (Å²) in [5.74, 6) is 0.492. The number of benzene rings is 1. The maximum atomic E-state index is 3.40. The Balaban J connectivity index is 0.000000231. The van der Waals surface area contributed by atoms with Crippen LogP contribution in [0.3, 0.4) is 0 Å². The first kappa shape index (κ1) is 21.2. The summed E-state index contributed by atoms with van der Waals surface area (Å²) in [6.07, 6.45) is 5.90. The normalized spacial score (nSPS) is 15.1. The molecule has 128 valence electrons. The minimum atomic E-state index is 0. The molecule has 0 saturated carbocycles. The van der Waals surface area contributed by atoms with E-state index in [2.05, 4.69) is 78.8 Å². The van der Waals surface area contributed by atoms with E-state index in [4.69, 9.17) is 0 Å². The molecule has 1 heteroatoms. The fraction of sp³-hybridized carbons (Fsp3) is 0.435. The van der Waals surface area contributed by atoms with Crippen molar-refractivity contribution in [3.8, 4) is 0 Å². The van der Waals surface area contributed by atoms with Crippen LogP contribution in [0.25, 0.3) is 5.57 Å². The van der Waals surface area contributed by atoms with Crippen LogP contribution in [0.15, 0.2) is 24.3 Å². The SMILES string of the molecule is CC1=[C-]C(C)c2ccccc21.CCC[c-]1c(C)c(C)c(C)c1C.[Hf]. The third-order valence-corrected chi connectivity index (χ3v) is 5.36. The minimum absolute atomic E-state index is 0. The first-order valence-electron chi connectivity index (χ1n) is 8.79. The van der Waals surface area contributed by atoms with Crippen molar-refractivity contribution in [2.75, 3.05) is 0 Å². The third-order valence-electron chi connectivity index (χ3n) is 5.36. The Hall–Kier alpha value is -0.820. The molecule has 2 aromatic carbocycles. The largest absolute Gasteiger partial charge is 0.266 e. The van der Waals surface area contributed by atoms with Crippen LogP contribution >= 0.6 is 0 Å². The zero-order valence-corrected chi connectivity index (χ0v) is 19.9. The van der Waals surface area contributed by atoms with Gasteiger partial charge in [0.05, 0.1) is 0 Å². The molecule has 0 radical (unpaired) electrons. The van der Waals surface area contributed by atoms with E-state index in [1.165, 1.54) is 51.8 Å². The van der Waals surface area contributed by atoms with E-state index >= 15 is 0 Å². The van der Waals surface area contributed by atoms with Gasteiger partial charge < -0.3 is 0 Å². The van der Waals surface area contributed by atoms with E-state index in [0.29, 0.717) is 5.92 Å². The number of hydrogen-bond donors (Lipinski definition) is 0. The summed E-state index contributed by atoms with van der Waals surface area (Å²) < 4.78 is 0. The first-order chi connectivity index (χ1) is 10.9. The molecule has 24 heavy (non-hydrogen) atoms. The standard InChI is InChI=1S/C12H19.C11H11.Hf/c1-6-7-12-10(4)8(2)9(3)11(12)5;1-8-7-9(2)11-6-4-3-5-10(8)11;/h6-7H2,1-5H3;3-6,8H,1-2H3;/q2*-1;. The molecule has 1 aliphatic rings. The molecule has 0 aromatic heterocycles. The van der Waals surface area contributed by atoms with Gasteiger partial charge in [-0.3, -0.25) is 6.08 Å². The van der Waals surface area contributed by atoms with Gasteiger partial charge in [0.1, 0.15) is 0 Å². The zero-order valence-electron chi connectivity index (χ0n) is 16.3. The van der Waals surface area contributed by atoms with Gasteiger partial charge in [-0.2, -0.15) is 33.4 Å². The maximum Gasteiger partial charge on any atom is 0 e. The Morgan fingerprint density at radius 1 is 0.958 bits per heavy atom. The summed E-state index contributed by atoms with van der Waals surface area (Å²) in [5, 5.41) is 0. The molecule has 1 aliphatic carbocycles. The molecule has 0 spiro atoms. The van der Waals surface area contributed by atoms with Gasteiger partial charge in [-0.15, -0.1) is 11.6 Å². The van der Waals surface area contributed by atoms with Crippen LogP contribution in [0.2, 0.25) is 0 Å². The van der Waals surface area contributed by atoms with Gasteiger partial charge in [-0.25, -0.2) is 5.57 Å². The summed E-state index contributed by atoms with van der Waals surface area (Å²) in [5.41, 5.74) is 11.7. The van der Waals surface area contributed by atoms with Gasteiger partial charge in [0.25, 0.3) is 0 Å². The Bertz CT molecular complexity index is 690. The fourth-order valence-corrected chi connectivity index (χ4v) is 3.62. The van der Waals surface area contributed by atoms with Crippen molar-refractivity contribution in [3.05, 3.63) is 69.3 Å². The number of fused-ring (bicyclic) bond motifs is 1. The van der Waals surface area contributed by atoms with Crippen molar-refractivity contribution in [2.45, 2.75) is 67.2 Å². The molecule has 0 amide bonds. The second kappa shape index (κ2) is 9.04. The molecule has 0 bridgehead atoms. The number of allylic oxidation sites excluding steroid dienone is 2. The third kappa shape index (κ3) is 4.23. The van der Waals surface area contributed by atoms with E-state index in [9.17, 15) is 0 Å². The molecule has 0 saturated heterocycles. The van der Waals surface area contributed by atoms with E-state index < -0.39 is 0 Å². The second-order valence-electron chi connectivity index (χ2n) is 6.81. The van der Waals surface area contributed by atoms with Crippen molar-refractivity contribution in [1.29, 1.82) is 0 Å². The number of hydrogen-bond acceptors (Lipinski definition) is 0. The second-order valence-corrected chi connectivity index (χ2v) is 6.81. The van der Waals surface area contributed by atoms with Crippen molar-refractivity contribution < 1.29 is 25.8 Å². The van der Waals surface area contributed by atoms with Gasteiger partial charge in [-0.05, 0) is 0 Å². The molecule has 0 fully saturated rings. The number of rotatable bonds is 2. The average Bonchev–Trinajstić information content (AvgIpc) is 2.93.